The maximum Gasteiger partial charge on any atom is 0.229 e. The molecule has 11 heteroatoms. The van der Waals surface area contributed by atoms with Crippen molar-refractivity contribution in [2.45, 2.75) is 61.7 Å². The second kappa shape index (κ2) is 10.9. The van der Waals surface area contributed by atoms with Gasteiger partial charge in [0.05, 0.1) is 20.3 Å². The average Bonchev–Trinajstić information content (AvgIpc) is 2.79. The predicted molar refractivity (Wildman–Crippen MR) is 108 cm³/mol. The minimum absolute atomic E-state index is 0.246. The highest BCUT2D eigenvalue weighted by atomic mass is 16.7. The maximum absolute atomic E-state index is 10.3. The molecule has 2 aliphatic heterocycles. The molecule has 2 aliphatic rings. The number of aliphatic hydroxyl groups excluding tert-OH is 6. The van der Waals surface area contributed by atoms with Gasteiger partial charge in [0.2, 0.25) is 6.29 Å². The Bertz CT molecular complexity index is 759. The summed E-state index contributed by atoms with van der Waals surface area (Å²) in [5, 5.41) is 60.1. The molecule has 11 nitrogen and oxygen atoms in total. The van der Waals surface area contributed by atoms with Gasteiger partial charge in [-0.15, -0.1) is 6.58 Å². The zero-order chi connectivity index (χ0) is 23.4. The van der Waals surface area contributed by atoms with Crippen molar-refractivity contribution >= 4 is 0 Å². The maximum atomic E-state index is 10.3. The summed E-state index contributed by atoms with van der Waals surface area (Å²) in [5.41, 5.74) is 0.925. The number of aliphatic hydroxyl groups is 6. The first kappa shape index (κ1) is 24.8. The number of hydrogen-bond acceptors (Lipinski definition) is 11. The molecule has 2 heterocycles. The molecule has 2 saturated heterocycles. The quantitative estimate of drug-likeness (QED) is 0.240. The van der Waals surface area contributed by atoms with Gasteiger partial charge in [0.1, 0.15) is 42.7 Å². The summed E-state index contributed by atoms with van der Waals surface area (Å²) in [6.07, 6.45) is -10.4. The zero-order valence-electron chi connectivity index (χ0n) is 17.6. The van der Waals surface area contributed by atoms with E-state index in [2.05, 4.69) is 6.58 Å². The van der Waals surface area contributed by atoms with Crippen molar-refractivity contribution in [2.24, 2.45) is 0 Å². The first-order valence-corrected chi connectivity index (χ1v) is 10.2. The van der Waals surface area contributed by atoms with Gasteiger partial charge in [0.15, 0.2) is 17.8 Å². The number of methoxy groups -OCH3 is 1. The van der Waals surface area contributed by atoms with E-state index in [9.17, 15) is 30.6 Å². The summed E-state index contributed by atoms with van der Waals surface area (Å²) in [4.78, 5) is 0. The summed E-state index contributed by atoms with van der Waals surface area (Å²) >= 11 is 0. The van der Waals surface area contributed by atoms with Crippen molar-refractivity contribution in [1.29, 1.82) is 0 Å². The third-order valence-electron chi connectivity index (χ3n) is 5.40. The van der Waals surface area contributed by atoms with Crippen LogP contribution in [0.1, 0.15) is 5.56 Å². The average molecular weight is 458 g/mol. The van der Waals surface area contributed by atoms with E-state index in [0.717, 1.165) is 5.56 Å². The van der Waals surface area contributed by atoms with Crippen molar-refractivity contribution in [3.05, 3.63) is 36.4 Å². The second-order valence-electron chi connectivity index (χ2n) is 7.69. The molecule has 0 spiro atoms. The first-order valence-electron chi connectivity index (χ1n) is 10.2. The Morgan fingerprint density at radius 2 is 1.69 bits per heavy atom. The van der Waals surface area contributed by atoms with Crippen LogP contribution in [0.4, 0.5) is 0 Å². The minimum atomic E-state index is -1.61. The van der Waals surface area contributed by atoms with E-state index >= 15 is 0 Å². The lowest BCUT2D eigenvalue weighted by molar-refractivity contribution is -0.307. The SMILES string of the molecule is C=CCc1ccc(O[C@@H]2O[C@H](CO[C@@H]3OC[C@@H](O)[C@H](O)[C@H]3O)[C@@H](O)[C@H](O)[C@H]2O)c(OC)c1. The van der Waals surface area contributed by atoms with Crippen LogP contribution in [0, 0.1) is 0 Å². The Hall–Kier alpha value is -1.80. The van der Waals surface area contributed by atoms with E-state index in [1.54, 1.807) is 24.3 Å². The fourth-order valence-electron chi connectivity index (χ4n) is 3.50. The first-order chi connectivity index (χ1) is 15.3. The van der Waals surface area contributed by atoms with Crippen molar-refractivity contribution < 1.29 is 54.3 Å². The molecule has 1 aromatic carbocycles. The molecule has 3 rings (SSSR count). The van der Waals surface area contributed by atoms with Crippen LogP contribution in [-0.2, 0) is 20.6 Å². The molecule has 1 aromatic rings. The number of allylic oxidation sites excluding steroid dienone is 1. The molecule has 32 heavy (non-hydrogen) atoms. The van der Waals surface area contributed by atoms with E-state index in [1.807, 2.05) is 0 Å². The Morgan fingerprint density at radius 1 is 0.969 bits per heavy atom. The van der Waals surface area contributed by atoms with E-state index in [0.29, 0.717) is 12.2 Å². The zero-order valence-corrected chi connectivity index (χ0v) is 17.6. The molecule has 0 amide bonds. The Balaban J connectivity index is 1.67. The summed E-state index contributed by atoms with van der Waals surface area (Å²) in [6, 6.07) is 5.14. The predicted octanol–water partition coefficient (Wildman–Crippen LogP) is -1.93. The smallest absolute Gasteiger partial charge is 0.229 e. The molecule has 0 radical (unpaired) electrons. The minimum Gasteiger partial charge on any atom is -0.493 e. The normalized spacial score (nSPS) is 37.7. The monoisotopic (exact) mass is 458 g/mol. The summed E-state index contributed by atoms with van der Waals surface area (Å²) < 4.78 is 27.2. The summed E-state index contributed by atoms with van der Waals surface area (Å²) in [7, 11) is 1.45. The third kappa shape index (κ3) is 5.39. The Kier molecular flexibility index (Phi) is 8.44. The molecule has 0 aromatic heterocycles. The molecular weight excluding hydrogens is 428 g/mol. The molecule has 6 N–H and O–H groups in total. The van der Waals surface area contributed by atoms with E-state index < -0.39 is 55.3 Å². The fourth-order valence-corrected chi connectivity index (χ4v) is 3.50. The van der Waals surface area contributed by atoms with Gasteiger partial charge in [0, 0.05) is 0 Å². The van der Waals surface area contributed by atoms with Crippen molar-refractivity contribution in [3.63, 3.8) is 0 Å². The molecule has 0 unspecified atom stereocenters. The standard InChI is InChI=1S/C21H30O11/c1-3-4-10-5-6-12(13(7-10)28-2)31-21-19(27)17(25)16(24)14(32-21)9-30-20-18(26)15(23)11(22)8-29-20/h3,5-7,11,14-27H,1,4,8-9H2,2H3/t11-,14-,15+,16-,17+,18-,19-,20+,21-/m1/s1. The number of hydrogen-bond donors (Lipinski definition) is 6. The summed E-state index contributed by atoms with van der Waals surface area (Å²) in [5.74, 6) is 0.621. The van der Waals surface area contributed by atoms with Crippen LogP contribution in [0.15, 0.2) is 30.9 Å². The van der Waals surface area contributed by atoms with Gasteiger partial charge in [-0.2, -0.15) is 0 Å². The van der Waals surface area contributed by atoms with Crippen LogP contribution in [0.3, 0.4) is 0 Å². The van der Waals surface area contributed by atoms with Crippen LogP contribution >= 0.6 is 0 Å². The van der Waals surface area contributed by atoms with Crippen LogP contribution < -0.4 is 9.47 Å². The Morgan fingerprint density at radius 3 is 2.38 bits per heavy atom. The number of ether oxygens (including phenoxy) is 5. The van der Waals surface area contributed by atoms with Crippen molar-refractivity contribution in [3.8, 4) is 11.5 Å². The molecule has 180 valence electrons. The van der Waals surface area contributed by atoms with Crippen LogP contribution in [0.5, 0.6) is 11.5 Å². The molecule has 2 fully saturated rings. The summed E-state index contributed by atoms with van der Waals surface area (Å²) in [6.45, 7) is 3.06. The van der Waals surface area contributed by atoms with Gasteiger partial charge < -0.3 is 54.3 Å². The number of rotatable bonds is 8. The lowest BCUT2D eigenvalue weighted by atomic mass is 9.99. The van der Waals surface area contributed by atoms with Crippen molar-refractivity contribution in [2.75, 3.05) is 20.3 Å². The van der Waals surface area contributed by atoms with Gasteiger partial charge >= 0.3 is 0 Å². The fraction of sp³-hybridized carbons (Fsp3) is 0.619. The lowest BCUT2D eigenvalue weighted by Gasteiger charge is -2.41. The third-order valence-corrected chi connectivity index (χ3v) is 5.40. The highest BCUT2D eigenvalue weighted by Crippen LogP contribution is 2.32. The van der Waals surface area contributed by atoms with E-state index in [-0.39, 0.29) is 19.0 Å². The van der Waals surface area contributed by atoms with Crippen LogP contribution in [0.25, 0.3) is 0 Å². The topological polar surface area (TPSA) is 168 Å². The van der Waals surface area contributed by atoms with Gasteiger partial charge in [-0.3, -0.25) is 0 Å². The van der Waals surface area contributed by atoms with Gasteiger partial charge in [-0.05, 0) is 24.1 Å². The van der Waals surface area contributed by atoms with Gasteiger partial charge in [0.25, 0.3) is 0 Å². The molecule has 0 aliphatic carbocycles. The van der Waals surface area contributed by atoms with Gasteiger partial charge in [-0.1, -0.05) is 12.1 Å². The van der Waals surface area contributed by atoms with E-state index in [1.165, 1.54) is 7.11 Å². The van der Waals surface area contributed by atoms with Crippen LogP contribution in [-0.4, -0.2) is 106 Å². The highest BCUT2D eigenvalue weighted by Gasteiger charge is 2.46. The van der Waals surface area contributed by atoms with Crippen molar-refractivity contribution in [1.82, 2.24) is 0 Å². The largest absolute Gasteiger partial charge is 0.493 e. The molecule has 0 saturated carbocycles. The molecule has 9 atom stereocenters. The van der Waals surface area contributed by atoms with Crippen LogP contribution in [0.2, 0.25) is 0 Å². The molecular formula is C21H30O11. The van der Waals surface area contributed by atoms with E-state index in [4.69, 9.17) is 23.7 Å². The highest BCUT2D eigenvalue weighted by molar-refractivity contribution is 5.43. The lowest BCUT2D eigenvalue weighted by Crippen LogP contribution is -2.61. The Labute approximate surface area is 185 Å². The molecule has 0 bridgehead atoms. The van der Waals surface area contributed by atoms with Gasteiger partial charge in [-0.25, -0.2) is 0 Å². The number of benzene rings is 1. The second-order valence-corrected chi connectivity index (χ2v) is 7.69.